The van der Waals surface area contributed by atoms with Gasteiger partial charge in [-0.25, -0.2) is 0 Å². The fraction of sp³-hybridized carbons (Fsp3) is 0.154. The maximum Gasteiger partial charge on any atom is 0.224 e. The van der Waals surface area contributed by atoms with Crippen molar-refractivity contribution < 1.29 is 9.47 Å². The van der Waals surface area contributed by atoms with Crippen molar-refractivity contribution in [1.82, 2.24) is 20.2 Å². The molecule has 4 N–H and O–H groups in total. The molecule has 106 valence electrons. The van der Waals surface area contributed by atoms with Gasteiger partial charge < -0.3 is 20.5 Å². The molecule has 8 nitrogen and oxygen atoms in total. The van der Waals surface area contributed by atoms with E-state index in [0.717, 1.165) is 16.8 Å². The lowest BCUT2D eigenvalue weighted by Crippen LogP contribution is -2.15. The molecule has 3 aromatic rings. The van der Waals surface area contributed by atoms with E-state index in [0.29, 0.717) is 30.4 Å². The highest BCUT2D eigenvalue weighted by atomic mass is 16.6. The van der Waals surface area contributed by atoms with Gasteiger partial charge in [0.1, 0.15) is 19.0 Å². The predicted molar refractivity (Wildman–Crippen MR) is 76.8 cm³/mol. The molecule has 0 bridgehead atoms. The largest absolute Gasteiger partial charge is 0.486 e. The van der Waals surface area contributed by atoms with Crippen molar-refractivity contribution in [3.05, 3.63) is 24.4 Å². The number of ether oxygens (including phenoxy) is 2. The van der Waals surface area contributed by atoms with E-state index >= 15 is 0 Å². The van der Waals surface area contributed by atoms with E-state index in [1.807, 2.05) is 18.2 Å². The van der Waals surface area contributed by atoms with E-state index in [4.69, 9.17) is 15.2 Å². The third-order valence-electron chi connectivity index (χ3n) is 3.13. The Kier molecular flexibility index (Phi) is 2.53. The van der Waals surface area contributed by atoms with Crippen molar-refractivity contribution in [2.24, 2.45) is 0 Å². The topological polar surface area (TPSA) is 111 Å². The summed E-state index contributed by atoms with van der Waals surface area (Å²) in [5.74, 6) is 2.20. The maximum absolute atomic E-state index is 5.69. The minimum absolute atomic E-state index is 0.173. The molecule has 0 atom stereocenters. The van der Waals surface area contributed by atoms with Crippen LogP contribution in [0.15, 0.2) is 24.4 Å². The van der Waals surface area contributed by atoms with Crippen molar-refractivity contribution in [2.45, 2.75) is 0 Å². The first-order chi connectivity index (χ1) is 10.3. The van der Waals surface area contributed by atoms with Gasteiger partial charge in [0.2, 0.25) is 5.95 Å². The molecule has 3 heterocycles. The van der Waals surface area contributed by atoms with E-state index in [1.165, 1.54) is 0 Å². The molecule has 0 saturated carbocycles. The number of H-pyrrole nitrogens is 1. The van der Waals surface area contributed by atoms with Crippen LogP contribution in [-0.2, 0) is 0 Å². The van der Waals surface area contributed by atoms with Gasteiger partial charge in [-0.2, -0.15) is 15.1 Å². The summed E-state index contributed by atoms with van der Waals surface area (Å²) in [6.07, 6.45) is 1.65. The highest BCUT2D eigenvalue weighted by Gasteiger charge is 2.13. The van der Waals surface area contributed by atoms with Crippen molar-refractivity contribution in [2.75, 3.05) is 24.3 Å². The molecular weight excluding hydrogens is 272 g/mol. The molecule has 2 aromatic heterocycles. The van der Waals surface area contributed by atoms with Gasteiger partial charge in [-0.3, -0.25) is 5.10 Å². The summed E-state index contributed by atoms with van der Waals surface area (Å²) in [4.78, 5) is 8.28. The Balaban J connectivity index is 1.72. The Morgan fingerprint density at radius 2 is 2.00 bits per heavy atom. The number of fused-ring (bicyclic) bond motifs is 2. The lowest BCUT2D eigenvalue weighted by atomic mass is 10.2. The molecular formula is C13H12N6O2. The van der Waals surface area contributed by atoms with Gasteiger partial charge in [-0.1, -0.05) is 0 Å². The van der Waals surface area contributed by atoms with Crippen LogP contribution in [0, 0.1) is 0 Å². The average Bonchev–Trinajstić information content (AvgIpc) is 2.95. The first kappa shape index (κ1) is 11.8. The first-order valence-electron chi connectivity index (χ1n) is 6.43. The molecule has 0 spiro atoms. The summed E-state index contributed by atoms with van der Waals surface area (Å²) in [6.45, 7) is 1.11. The van der Waals surface area contributed by atoms with Crippen LogP contribution < -0.4 is 20.5 Å². The van der Waals surface area contributed by atoms with Gasteiger partial charge >= 0.3 is 0 Å². The van der Waals surface area contributed by atoms with E-state index in [9.17, 15) is 0 Å². The van der Waals surface area contributed by atoms with E-state index in [-0.39, 0.29) is 5.95 Å². The SMILES string of the molecule is Nc1nc(Nc2ccc3c(c2)OCCO3)c2cn[nH]c2n1. The smallest absolute Gasteiger partial charge is 0.224 e. The summed E-state index contributed by atoms with van der Waals surface area (Å²) in [5.41, 5.74) is 7.10. The van der Waals surface area contributed by atoms with Gasteiger partial charge in [-0.15, -0.1) is 0 Å². The van der Waals surface area contributed by atoms with Crippen LogP contribution in [0.5, 0.6) is 11.5 Å². The Bertz CT molecular complexity index is 816. The highest BCUT2D eigenvalue weighted by molar-refractivity contribution is 5.89. The van der Waals surface area contributed by atoms with Gasteiger partial charge in [-0.05, 0) is 12.1 Å². The van der Waals surface area contributed by atoms with Crippen LogP contribution >= 0.6 is 0 Å². The zero-order valence-corrected chi connectivity index (χ0v) is 11.0. The number of anilines is 3. The number of aromatic nitrogens is 4. The summed E-state index contributed by atoms with van der Waals surface area (Å²) in [7, 11) is 0. The highest BCUT2D eigenvalue weighted by Crippen LogP contribution is 2.34. The quantitative estimate of drug-likeness (QED) is 0.653. The molecule has 0 amide bonds. The Labute approximate surface area is 119 Å². The molecule has 4 rings (SSSR count). The second kappa shape index (κ2) is 4.51. The van der Waals surface area contributed by atoms with Gasteiger partial charge in [0.15, 0.2) is 17.1 Å². The van der Waals surface area contributed by atoms with Crippen LogP contribution in [-0.4, -0.2) is 33.4 Å². The summed E-state index contributed by atoms with van der Waals surface area (Å²) in [5, 5.41) is 10.7. The van der Waals surface area contributed by atoms with Crippen LogP contribution in [0.2, 0.25) is 0 Å². The molecule has 1 aromatic carbocycles. The molecule has 0 saturated heterocycles. The fourth-order valence-electron chi connectivity index (χ4n) is 2.21. The third-order valence-corrected chi connectivity index (χ3v) is 3.13. The number of aromatic amines is 1. The normalized spacial score (nSPS) is 13.3. The van der Waals surface area contributed by atoms with Crippen LogP contribution in [0.3, 0.4) is 0 Å². The van der Waals surface area contributed by atoms with Crippen molar-refractivity contribution >= 4 is 28.5 Å². The van der Waals surface area contributed by atoms with Crippen LogP contribution in [0.4, 0.5) is 17.5 Å². The van der Waals surface area contributed by atoms with Gasteiger partial charge in [0.05, 0.1) is 11.6 Å². The maximum atomic E-state index is 5.69. The minimum atomic E-state index is 0.173. The third kappa shape index (κ3) is 2.06. The van der Waals surface area contributed by atoms with Crippen molar-refractivity contribution in [3.8, 4) is 11.5 Å². The van der Waals surface area contributed by atoms with Gasteiger partial charge in [0.25, 0.3) is 0 Å². The zero-order chi connectivity index (χ0) is 14.2. The summed E-state index contributed by atoms with van der Waals surface area (Å²) in [6, 6.07) is 5.60. The standard InChI is InChI=1S/C13H12N6O2/c14-13-17-11(8-6-15-19-12(8)18-13)16-7-1-2-9-10(5-7)21-4-3-20-9/h1-2,5-6H,3-4H2,(H4,14,15,16,17,18,19). The summed E-state index contributed by atoms with van der Waals surface area (Å²) < 4.78 is 11.0. The van der Waals surface area contributed by atoms with Crippen LogP contribution in [0.1, 0.15) is 0 Å². The molecule has 1 aliphatic heterocycles. The number of hydrogen-bond acceptors (Lipinski definition) is 7. The van der Waals surface area contributed by atoms with Crippen molar-refractivity contribution in [3.63, 3.8) is 0 Å². The zero-order valence-electron chi connectivity index (χ0n) is 11.0. The Morgan fingerprint density at radius 3 is 2.90 bits per heavy atom. The predicted octanol–water partition coefficient (Wildman–Crippen LogP) is 1.45. The fourth-order valence-corrected chi connectivity index (χ4v) is 2.21. The number of rotatable bonds is 2. The molecule has 1 aliphatic rings. The van der Waals surface area contributed by atoms with Gasteiger partial charge in [0, 0.05) is 11.8 Å². The second-order valence-corrected chi connectivity index (χ2v) is 4.55. The number of benzene rings is 1. The molecule has 0 fully saturated rings. The number of nitrogens with two attached hydrogens (primary N) is 1. The van der Waals surface area contributed by atoms with E-state index in [1.54, 1.807) is 6.20 Å². The van der Waals surface area contributed by atoms with Crippen LogP contribution in [0.25, 0.3) is 11.0 Å². The first-order valence-corrected chi connectivity index (χ1v) is 6.43. The molecule has 8 heteroatoms. The second-order valence-electron chi connectivity index (χ2n) is 4.55. The monoisotopic (exact) mass is 284 g/mol. The lowest BCUT2D eigenvalue weighted by molar-refractivity contribution is 0.171. The molecule has 0 aliphatic carbocycles. The minimum Gasteiger partial charge on any atom is -0.486 e. The molecule has 21 heavy (non-hydrogen) atoms. The Morgan fingerprint density at radius 1 is 1.14 bits per heavy atom. The number of nitrogens with one attached hydrogen (secondary N) is 2. The van der Waals surface area contributed by atoms with Crippen molar-refractivity contribution in [1.29, 1.82) is 0 Å². The molecule has 0 radical (unpaired) electrons. The summed E-state index contributed by atoms with van der Waals surface area (Å²) >= 11 is 0. The molecule has 0 unspecified atom stereocenters. The number of hydrogen-bond donors (Lipinski definition) is 3. The van der Waals surface area contributed by atoms with E-state index < -0.39 is 0 Å². The number of nitrogens with zero attached hydrogens (tertiary/aromatic N) is 3. The average molecular weight is 284 g/mol. The Hall–Kier alpha value is -3.03. The number of nitrogen functional groups attached to an aromatic ring is 1. The lowest BCUT2D eigenvalue weighted by Gasteiger charge is -2.19. The van der Waals surface area contributed by atoms with E-state index in [2.05, 4.69) is 25.5 Å².